The number of aryl methyl sites for hydroxylation is 1. The SMILES string of the molecule is CCc1ccc2c(c1)CCN(C)C2. The Morgan fingerprint density at radius 2 is 2.15 bits per heavy atom. The molecule has 70 valence electrons. The molecule has 1 aromatic rings. The number of fused-ring (bicyclic) bond motifs is 1. The van der Waals surface area contributed by atoms with E-state index in [0.29, 0.717) is 0 Å². The van der Waals surface area contributed by atoms with E-state index in [9.17, 15) is 0 Å². The third kappa shape index (κ3) is 1.75. The summed E-state index contributed by atoms with van der Waals surface area (Å²) in [5, 5.41) is 0. The molecule has 0 spiro atoms. The lowest BCUT2D eigenvalue weighted by Crippen LogP contribution is -2.26. The van der Waals surface area contributed by atoms with Gasteiger partial charge in [-0.1, -0.05) is 25.1 Å². The van der Waals surface area contributed by atoms with E-state index in [1.807, 2.05) is 0 Å². The van der Waals surface area contributed by atoms with Gasteiger partial charge in [-0.3, -0.25) is 0 Å². The van der Waals surface area contributed by atoms with Crippen molar-refractivity contribution in [3.05, 3.63) is 34.9 Å². The lowest BCUT2D eigenvalue weighted by atomic mass is 9.97. The first-order valence-corrected chi connectivity index (χ1v) is 5.09. The third-order valence-electron chi connectivity index (χ3n) is 2.88. The van der Waals surface area contributed by atoms with Crippen LogP contribution in [-0.2, 0) is 19.4 Å². The van der Waals surface area contributed by atoms with Crippen molar-refractivity contribution in [2.45, 2.75) is 26.3 Å². The van der Waals surface area contributed by atoms with E-state index in [2.05, 4.69) is 37.1 Å². The molecule has 0 radical (unpaired) electrons. The van der Waals surface area contributed by atoms with Crippen LogP contribution < -0.4 is 0 Å². The molecule has 0 aromatic heterocycles. The van der Waals surface area contributed by atoms with Crippen LogP contribution in [0.3, 0.4) is 0 Å². The van der Waals surface area contributed by atoms with Gasteiger partial charge in [0.25, 0.3) is 0 Å². The Labute approximate surface area is 80.4 Å². The predicted molar refractivity (Wildman–Crippen MR) is 55.9 cm³/mol. The summed E-state index contributed by atoms with van der Waals surface area (Å²) in [6, 6.07) is 6.93. The highest BCUT2D eigenvalue weighted by Crippen LogP contribution is 2.19. The largest absolute Gasteiger partial charge is 0.302 e. The molecule has 1 heterocycles. The highest BCUT2D eigenvalue weighted by Gasteiger charge is 2.12. The van der Waals surface area contributed by atoms with Gasteiger partial charge in [-0.05, 0) is 36.6 Å². The second-order valence-corrected chi connectivity index (χ2v) is 3.94. The summed E-state index contributed by atoms with van der Waals surface area (Å²) in [5.74, 6) is 0. The van der Waals surface area contributed by atoms with E-state index in [1.165, 1.54) is 24.1 Å². The molecular formula is C12H17N. The Morgan fingerprint density at radius 1 is 1.31 bits per heavy atom. The van der Waals surface area contributed by atoms with Gasteiger partial charge in [0.05, 0.1) is 0 Å². The topological polar surface area (TPSA) is 3.24 Å². The predicted octanol–water partition coefficient (Wildman–Crippen LogP) is 2.24. The molecule has 2 rings (SSSR count). The molecule has 0 aliphatic carbocycles. The second-order valence-electron chi connectivity index (χ2n) is 3.94. The third-order valence-corrected chi connectivity index (χ3v) is 2.88. The van der Waals surface area contributed by atoms with Crippen LogP contribution in [0.1, 0.15) is 23.6 Å². The monoisotopic (exact) mass is 175 g/mol. The summed E-state index contributed by atoms with van der Waals surface area (Å²) in [6.07, 6.45) is 2.38. The summed E-state index contributed by atoms with van der Waals surface area (Å²) < 4.78 is 0. The van der Waals surface area contributed by atoms with Gasteiger partial charge in [0, 0.05) is 13.1 Å². The smallest absolute Gasteiger partial charge is 0.0233 e. The van der Waals surface area contributed by atoms with Crippen molar-refractivity contribution in [1.29, 1.82) is 0 Å². The normalized spacial score (nSPS) is 17.1. The van der Waals surface area contributed by atoms with E-state index < -0.39 is 0 Å². The molecule has 1 aromatic carbocycles. The Kier molecular flexibility index (Phi) is 2.36. The second kappa shape index (κ2) is 3.51. The van der Waals surface area contributed by atoms with Gasteiger partial charge in [0.15, 0.2) is 0 Å². The molecule has 0 saturated carbocycles. The summed E-state index contributed by atoms with van der Waals surface area (Å²) in [4.78, 5) is 2.38. The quantitative estimate of drug-likeness (QED) is 0.632. The molecule has 0 atom stereocenters. The summed E-state index contributed by atoms with van der Waals surface area (Å²) >= 11 is 0. The summed E-state index contributed by atoms with van der Waals surface area (Å²) in [6.45, 7) is 4.55. The Hall–Kier alpha value is -0.820. The minimum absolute atomic E-state index is 1.12. The molecule has 0 saturated heterocycles. The number of benzene rings is 1. The van der Waals surface area contributed by atoms with E-state index in [4.69, 9.17) is 0 Å². The van der Waals surface area contributed by atoms with Crippen molar-refractivity contribution >= 4 is 0 Å². The maximum Gasteiger partial charge on any atom is 0.0233 e. The number of nitrogens with zero attached hydrogens (tertiary/aromatic N) is 1. The molecule has 1 heteroatoms. The molecule has 1 aliphatic rings. The highest BCUT2D eigenvalue weighted by atomic mass is 15.1. The van der Waals surface area contributed by atoms with E-state index in [1.54, 1.807) is 5.56 Å². The average Bonchev–Trinajstić information content (AvgIpc) is 2.17. The summed E-state index contributed by atoms with van der Waals surface area (Å²) in [5.41, 5.74) is 4.56. The fourth-order valence-corrected chi connectivity index (χ4v) is 1.97. The Bertz CT molecular complexity index is 304. The van der Waals surface area contributed by atoms with Crippen molar-refractivity contribution in [2.75, 3.05) is 13.6 Å². The number of likely N-dealkylation sites (N-methyl/N-ethyl adjacent to an activating group) is 1. The zero-order chi connectivity index (χ0) is 9.26. The van der Waals surface area contributed by atoms with Gasteiger partial charge >= 0.3 is 0 Å². The average molecular weight is 175 g/mol. The lowest BCUT2D eigenvalue weighted by Gasteiger charge is -2.25. The maximum atomic E-state index is 2.38. The van der Waals surface area contributed by atoms with Crippen LogP contribution in [0.25, 0.3) is 0 Å². The number of rotatable bonds is 1. The minimum Gasteiger partial charge on any atom is -0.302 e. The molecule has 0 N–H and O–H groups in total. The maximum absolute atomic E-state index is 2.38. The van der Waals surface area contributed by atoms with Gasteiger partial charge in [0.2, 0.25) is 0 Å². The molecular weight excluding hydrogens is 158 g/mol. The number of hydrogen-bond acceptors (Lipinski definition) is 1. The zero-order valence-electron chi connectivity index (χ0n) is 8.51. The van der Waals surface area contributed by atoms with Crippen molar-refractivity contribution in [3.8, 4) is 0 Å². The van der Waals surface area contributed by atoms with E-state index in [0.717, 1.165) is 13.0 Å². The fraction of sp³-hybridized carbons (Fsp3) is 0.500. The van der Waals surface area contributed by atoms with Gasteiger partial charge in [0.1, 0.15) is 0 Å². The molecule has 0 amide bonds. The van der Waals surface area contributed by atoms with Crippen molar-refractivity contribution < 1.29 is 0 Å². The molecule has 1 aliphatic heterocycles. The van der Waals surface area contributed by atoms with Crippen LogP contribution in [0.15, 0.2) is 18.2 Å². The van der Waals surface area contributed by atoms with Crippen molar-refractivity contribution in [1.82, 2.24) is 4.90 Å². The van der Waals surface area contributed by atoms with Crippen LogP contribution in [0, 0.1) is 0 Å². The van der Waals surface area contributed by atoms with Crippen molar-refractivity contribution in [2.24, 2.45) is 0 Å². The lowest BCUT2D eigenvalue weighted by molar-refractivity contribution is 0.313. The van der Waals surface area contributed by atoms with Crippen LogP contribution in [-0.4, -0.2) is 18.5 Å². The van der Waals surface area contributed by atoms with Gasteiger partial charge in [-0.25, -0.2) is 0 Å². The molecule has 0 fully saturated rings. The summed E-state index contributed by atoms with van der Waals surface area (Å²) in [7, 11) is 2.19. The molecule has 0 bridgehead atoms. The van der Waals surface area contributed by atoms with E-state index >= 15 is 0 Å². The van der Waals surface area contributed by atoms with Crippen LogP contribution in [0.5, 0.6) is 0 Å². The Morgan fingerprint density at radius 3 is 2.92 bits per heavy atom. The first-order chi connectivity index (χ1) is 6.29. The van der Waals surface area contributed by atoms with Gasteiger partial charge < -0.3 is 4.90 Å². The molecule has 0 unspecified atom stereocenters. The number of hydrogen-bond donors (Lipinski definition) is 0. The van der Waals surface area contributed by atoms with Gasteiger partial charge in [-0.2, -0.15) is 0 Å². The van der Waals surface area contributed by atoms with Crippen LogP contribution >= 0.6 is 0 Å². The first kappa shape index (κ1) is 8.76. The molecule has 1 nitrogen and oxygen atoms in total. The van der Waals surface area contributed by atoms with Crippen LogP contribution in [0.2, 0.25) is 0 Å². The first-order valence-electron chi connectivity index (χ1n) is 5.09. The standard InChI is InChI=1S/C12H17N/c1-3-10-4-5-12-9-13(2)7-6-11(12)8-10/h4-5,8H,3,6-7,9H2,1-2H3. The van der Waals surface area contributed by atoms with Crippen molar-refractivity contribution in [3.63, 3.8) is 0 Å². The Balaban J connectivity index is 2.31. The minimum atomic E-state index is 1.12. The fourth-order valence-electron chi connectivity index (χ4n) is 1.97. The van der Waals surface area contributed by atoms with Gasteiger partial charge in [-0.15, -0.1) is 0 Å². The highest BCUT2D eigenvalue weighted by molar-refractivity contribution is 5.33. The van der Waals surface area contributed by atoms with Crippen LogP contribution in [0.4, 0.5) is 0 Å². The zero-order valence-corrected chi connectivity index (χ0v) is 8.51. The molecule has 13 heavy (non-hydrogen) atoms. The van der Waals surface area contributed by atoms with E-state index in [-0.39, 0.29) is 0 Å².